The fourth-order valence-corrected chi connectivity index (χ4v) is 5.81. The third kappa shape index (κ3) is 11.8. The number of rotatable bonds is 0. The minimum atomic E-state index is 0. The third-order valence-electron chi connectivity index (χ3n) is 7.50. The summed E-state index contributed by atoms with van der Waals surface area (Å²) in [6.45, 7) is 3.99. The first-order chi connectivity index (χ1) is 16.8. The average Bonchev–Trinajstić information content (AvgIpc) is 3.55. The normalized spacial score (nSPS) is 24.1. The van der Waals surface area contributed by atoms with Crippen LogP contribution in [-0.4, -0.2) is 58.6 Å². The van der Waals surface area contributed by atoms with Gasteiger partial charge in [0.2, 0.25) is 0 Å². The number of nitrogens with zero attached hydrogens (tertiary/aromatic N) is 2. The van der Waals surface area contributed by atoms with E-state index in [-0.39, 0.29) is 49.6 Å². The van der Waals surface area contributed by atoms with E-state index in [1.54, 1.807) is 0 Å². The molecule has 2 saturated carbocycles. The molecule has 10 N–H and O–H groups in total. The summed E-state index contributed by atoms with van der Waals surface area (Å²) < 4.78 is 0. The molecule has 3 heterocycles. The van der Waals surface area contributed by atoms with E-state index in [9.17, 15) is 0 Å². The topological polar surface area (TPSA) is 133 Å². The van der Waals surface area contributed by atoms with Crippen molar-refractivity contribution in [2.45, 2.75) is 88.9 Å². The first-order valence-electron chi connectivity index (χ1n) is 13.0. The molecule has 2 aromatic rings. The summed E-state index contributed by atoms with van der Waals surface area (Å²) >= 11 is 0. The van der Waals surface area contributed by atoms with E-state index in [1.807, 2.05) is 0 Å². The lowest BCUT2D eigenvalue weighted by Crippen LogP contribution is -3.01. The number of pyridine rings is 2. The molecule has 0 saturated heterocycles. The Morgan fingerprint density at radius 1 is 0.500 bits per heavy atom. The number of hydrogen-bond acceptors (Lipinski definition) is 4. The fraction of sp³-hybridized carbons (Fsp3) is 0.615. The van der Waals surface area contributed by atoms with Crippen molar-refractivity contribution in [3.05, 3.63) is 59.2 Å². The average molecular weight is 617 g/mol. The predicted molar refractivity (Wildman–Crippen MR) is 130 cm³/mol. The minimum absolute atomic E-state index is 0. The molecule has 12 heteroatoms. The van der Waals surface area contributed by atoms with E-state index >= 15 is 0 Å². The number of fused-ring (bicyclic) bond motifs is 6. The SMILES string of the molecule is CO.CO.[Cl-].[Cl-].[Cl-].[Cl-].c1cc2nc(c1)C[NH2+][C@@H]1CCC[C@H]1[NH2+]Cc1cccc(n1)C[NH2+][C@H]1CCC[C@@H]1[NH2+]C2. The smallest absolute Gasteiger partial charge is 0.139 e. The Morgan fingerprint density at radius 2 is 0.737 bits per heavy atom. The minimum Gasteiger partial charge on any atom is -1.00 e. The fourth-order valence-electron chi connectivity index (χ4n) is 5.81. The van der Waals surface area contributed by atoms with Crippen LogP contribution >= 0.6 is 0 Å². The van der Waals surface area contributed by atoms with E-state index in [4.69, 9.17) is 20.2 Å². The molecule has 2 aliphatic carbocycles. The number of hydrogen-bond donors (Lipinski definition) is 6. The quantitative estimate of drug-likeness (QED) is 0.176. The number of aromatic nitrogens is 2. The number of aliphatic hydroxyl groups is 2. The van der Waals surface area contributed by atoms with Gasteiger partial charge in [0.1, 0.15) is 50.3 Å². The maximum atomic E-state index is 7.00. The highest BCUT2D eigenvalue weighted by atomic mass is 35.5. The Kier molecular flexibility index (Phi) is 22.8. The Balaban J connectivity index is 0. The molecule has 1 aliphatic heterocycles. The monoisotopic (exact) mass is 614 g/mol. The van der Waals surface area contributed by atoms with Crippen molar-refractivity contribution in [2.24, 2.45) is 0 Å². The van der Waals surface area contributed by atoms with Gasteiger partial charge in [-0.25, -0.2) is 9.97 Å². The Morgan fingerprint density at radius 3 is 0.974 bits per heavy atom. The molecule has 4 atom stereocenters. The van der Waals surface area contributed by atoms with Crippen molar-refractivity contribution in [1.82, 2.24) is 9.97 Å². The first-order valence-corrected chi connectivity index (χ1v) is 13.0. The van der Waals surface area contributed by atoms with E-state index in [1.165, 1.54) is 61.3 Å². The zero-order valence-corrected chi connectivity index (χ0v) is 25.5. The zero-order chi connectivity index (χ0) is 24.2. The summed E-state index contributed by atoms with van der Waals surface area (Å²) in [7, 11) is 2.00. The van der Waals surface area contributed by atoms with Crippen LogP contribution in [0.25, 0.3) is 0 Å². The van der Waals surface area contributed by atoms with Gasteiger partial charge in [0.25, 0.3) is 0 Å². The molecule has 0 radical (unpaired) electrons. The van der Waals surface area contributed by atoms with Gasteiger partial charge in [-0.1, -0.05) is 12.1 Å². The molecule has 5 rings (SSSR count). The van der Waals surface area contributed by atoms with Gasteiger partial charge in [-0.05, 0) is 37.1 Å². The van der Waals surface area contributed by atoms with Gasteiger partial charge in [-0.15, -0.1) is 0 Å². The maximum absolute atomic E-state index is 7.00. The van der Waals surface area contributed by atoms with Crippen LogP contribution in [0.4, 0.5) is 0 Å². The molecule has 4 bridgehead atoms. The summed E-state index contributed by atoms with van der Waals surface area (Å²) in [4.78, 5) is 9.98. The van der Waals surface area contributed by atoms with E-state index in [0.717, 1.165) is 40.4 Å². The molecule has 3 aliphatic rings. The van der Waals surface area contributed by atoms with Crippen molar-refractivity contribution >= 4 is 0 Å². The van der Waals surface area contributed by atoms with Crippen molar-refractivity contribution in [3.63, 3.8) is 0 Å². The summed E-state index contributed by atoms with van der Waals surface area (Å²) in [6, 6.07) is 16.0. The molecule has 38 heavy (non-hydrogen) atoms. The van der Waals surface area contributed by atoms with E-state index in [0.29, 0.717) is 24.2 Å². The molecular formula is C26H46Cl4N6O2. The Hall–Kier alpha value is -0.780. The van der Waals surface area contributed by atoms with Gasteiger partial charge >= 0.3 is 0 Å². The molecule has 2 aromatic heterocycles. The van der Waals surface area contributed by atoms with Gasteiger partial charge < -0.3 is 81.1 Å². The standard InChI is InChI=1S/C24H34N6.2CH4O.4ClH/c1-5-17-13-25-21-9-3-11-23(21)27-15-19-7-2-8-20(30-19)16-28-24-12-4-10-22(24)26-14-18(6-1)29-17;2*1-2;;;;/h1-2,5-8,21-28H,3-4,9-16H2;2*2H,1H3;4*1H/t21-,22+,23-,24+;;;;;;. The lowest BCUT2D eigenvalue weighted by atomic mass is 10.1. The molecule has 0 aromatic carbocycles. The van der Waals surface area contributed by atoms with Crippen LogP contribution in [0.5, 0.6) is 0 Å². The van der Waals surface area contributed by atoms with Crippen LogP contribution in [-0.2, 0) is 26.2 Å². The zero-order valence-electron chi connectivity index (χ0n) is 22.5. The van der Waals surface area contributed by atoms with Crippen LogP contribution in [0.15, 0.2) is 36.4 Å². The molecule has 0 amide bonds. The third-order valence-corrected chi connectivity index (χ3v) is 7.50. The van der Waals surface area contributed by atoms with Gasteiger partial charge in [0.15, 0.2) is 0 Å². The number of halogens is 4. The second kappa shape index (κ2) is 22.0. The van der Waals surface area contributed by atoms with Crippen molar-refractivity contribution in [2.75, 3.05) is 14.2 Å². The highest BCUT2D eigenvalue weighted by Crippen LogP contribution is 2.15. The second-order valence-electron chi connectivity index (χ2n) is 9.52. The largest absolute Gasteiger partial charge is 1.00 e. The van der Waals surface area contributed by atoms with Crippen molar-refractivity contribution < 1.29 is 81.1 Å². The van der Waals surface area contributed by atoms with Crippen LogP contribution in [0, 0.1) is 0 Å². The number of quaternary nitrogens is 4. The number of aliphatic hydroxyl groups excluding tert-OH is 2. The van der Waals surface area contributed by atoms with Crippen LogP contribution in [0.1, 0.15) is 61.3 Å². The lowest BCUT2D eigenvalue weighted by molar-refractivity contribution is -0.785. The molecule has 220 valence electrons. The molecule has 8 nitrogen and oxygen atoms in total. The van der Waals surface area contributed by atoms with Crippen LogP contribution in [0.2, 0.25) is 0 Å². The summed E-state index contributed by atoms with van der Waals surface area (Å²) in [5.74, 6) is 0. The van der Waals surface area contributed by atoms with Crippen molar-refractivity contribution in [1.29, 1.82) is 0 Å². The van der Waals surface area contributed by atoms with E-state index in [2.05, 4.69) is 57.7 Å². The van der Waals surface area contributed by atoms with Crippen LogP contribution < -0.4 is 70.9 Å². The maximum Gasteiger partial charge on any atom is 0.139 e. The first kappa shape index (κ1) is 39.4. The van der Waals surface area contributed by atoms with Crippen molar-refractivity contribution in [3.8, 4) is 0 Å². The summed E-state index contributed by atoms with van der Waals surface area (Å²) in [6.07, 6.45) is 7.96. The summed E-state index contributed by atoms with van der Waals surface area (Å²) in [5.41, 5.74) is 4.93. The summed E-state index contributed by atoms with van der Waals surface area (Å²) in [5, 5.41) is 24.2. The predicted octanol–water partition coefficient (Wildman–Crippen LogP) is -14.5. The van der Waals surface area contributed by atoms with E-state index < -0.39 is 0 Å². The highest BCUT2D eigenvalue weighted by molar-refractivity contribution is 5.10. The Bertz CT molecular complexity index is 742. The lowest BCUT2D eigenvalue weighted by Gasteiger charge is -2.18. The molecule has 0 unspecified atom stereocenters. The van der Waals surface area contributed by atoms with Gasteiger partial charge in [0.05, 0.1) is 22.8 Å². The number of nitrogens with two attached hydrogens (primary N) is 4. The second-order valence-corrected chi connectivity index (χ2v) is 9.52. The molecule has 0 spiro atoms. The molecular weight excluding hydrogens is 570 g/mol. The highest BCUT2D eigenvalue weighted by Gasteiger charge is 2.34. The molecule has 2 fully saturated rings. The Labute approximate surface area is 252 Å². The van der Waals surface area contributed by atoms with Gasteiger partial charge in [-0.3, -0.25) is 0 Å². The van der Waals surface area contributed by atoms with Crippen LogP contribution in [0.3, 0.4) is 0 Å². The van der Waals surface area contributed by atoms with Gasteiger partial charge in [0, 0.05) is 39.9 Å². The van der Waals surface area contributed by atoms with Gasteiger partial charge in [-0.2, -0.15) is 0 Å².